The largest absolute Gasteiger partial charge is 0.748 e. The molecule has 13 heteroatoms. The van der Waals surface area contributed by atoms with Gasteiger partial charge in [-0.15, -0.1) is 0 Å². The number of fused-ring (bicyclic) bond motifs is 4. The topological polar surface area (TPSA) is 156 Å². The quantitative estimate of drug-likeness (QED) is 0.0768. The zero-order chi connectivity index (χ0) is 37.7. The normalized spacial score (nSPS) is 13.8. The van der Waals surface area contributed by atoms with Gasteiger partial charge in [0, 0.05) is 30.5 Å². The van der Waals surface area contributed by atoms with Crippen LogP contribution < -0.4 is 19.5 Å². The summed E-state index contributed by atoms with van der Waals surface area (Å²) in [5.41, 5.74) is 2.19. The molecule has 1 aliphatic heterocycles. The van der Waals surface area contributed by atoms with Crippen LogP contribution in [0.5, 0.6) is 5.75 Å². The fourth-order valence-electron chi connectivity index (χ4n) is 5.67. The first-order valence-electron chi connectivity index (χ1n) is 17.4. The molecule has 11 nitrogen and oxygen atoms in total. The Bertz CT molecular complexity index is 2280. The fraction of sp³-hybridized carbons (Fsp3) is 0.308. The van der Waals surface area contributed by atoms with Crippen LogP contribution >= 0.6 is 0 Å². The summed E-state index contributed by atoms with van der Waals surface area (Å²) in [6.45, 7) is 10.9. The number of nitrogens with zero attached hydrogens (tertiary/aromatic N) is 2. The molecule has 0 spiro atoms. The minimum atomic E-state index is -4.35. The molecule has 0 fully saturated rings. The molecule has 2 heterocycles. The average molecular weight is 749 g/mol. The van der Waals surface area contributed by atoms with Crippen LogP contribution in [0.4, 0.5) is 5.69 Å². The molecule has 0 amide bonds. The van der Waals surface area contributed by atoms with Gasteiger partial charge >= 0.3 is 5.89 Å². The number of aromatic nitrogens is 1. The minimum Gasteiger partial charge on any atom is -0.748 e. The van der Waals surface area contributed by atoms with Gasteiger partial charge in [0.05, 0.1) is 32.0 Å². The van der Waals surface area contributed by atoms with E-state index in [1.54, 1.807) is 30.4 Å². The molecular weight excluding hydrogens is 703 g/mol. The highest BCUT2D eigenvalue weighted by Crippen LogP contribution is 2.42. The van der Waals surface area contributed by atoms with Crippen molar-refractivity contribution in [1.29, 1.82) is 0 Å². The van der Waals surface area contributed by atoms with Crippen molar-refractivity contribution in [2.75, 3.05) is 36.0 Å². The van der Waals surface area contributed by atoms with Gasteiger partial charge in [-0.05, 0) is 65.3 Å². The number of ether oxygens (including phenoxy) is 1. The Morgan fingerprint density at radius 2 is 1.35 bits per heavy atom. The number of benzene rings is 4. The van der Waals surface area contributed by atoms with Crippen molar-refractivity contribution < 1.29 is 39.7 Å². The van der Waals surface area contributed by atoms with E-state index in [-0.39, 0.29) is 25.9 Å². The summed E-state index contributed by atoms with van der Waals surface area (Å²) in [7, 11) is -8.70. The molecule has 0 radical (unpaired) electrons. The SMILES string of the molecule is CC.CCNCC.O=S(=O)([O-])CCCN1C(=CC=CC=Cc2oc3cc4ccccc4cc3[n+]2CCCS(=O)(=O)[O-])Oc2cc3ccccc3cc21. The van der Waals surface area contributed by atoms with Crippen LogP contribution in [0.25, 0.3) is 38.7 Å². The number of anilines is 1. The van der Waals surface area contributed by atoms with Crippen molar-refractivity contribution in [2.45, 2.75) is 47.1 Å². The highest BCUT2D eigenvalue weighted by Gasteiger charge is 2.26. The Balaban J connectivity index is 0.000000797. The van der Waals surface area contributed by atoms with E-state index in [0.29, 0.717) is 23.1 Å². The van der Waals surface area contributed by atoms with Crippen LogP contribution in [0, 0.1) is 0 Å². The maximum absolute atomic E-state index is 11.2. The van der Waals surface area contributed by atoms with Gasteiger partial charge < -0.3 is 28.5 Å². The smallest absolute Gasteiger partial charge is 0.374 e. The first-order chi connectivity index (χ1) is 25.0. The van der Waals surface area contributed by atoms with E-state index in [0.717, 1.165) is 45.8 Å². The summed E-state index contributed by atoms with van der Waals surface area (Å²) in [5, 5.41) is 7.11. The van der Waals surface area contributed by atoms with E-state index in [1.165, 1.54) is 0 Å². The van der Waals surface area contributed by atoms with Gasteiger partial charge in [0.1, 0.15) is 0 Å². The highest BCUT2D eigenvalue weighted by atomic mass is 32.2. The van der Waals surface area contributed by atoms with Gasteiger partial charge in [0.15, 0.2) is 12.3 Å². The van der Waals surface area contributed by atoms with Crippen molar-refractivity contribution in [3.05, 3.63) is 109 Å². The van der Waals surface area contributed by atoms with Crippen molar-refractivity contribution in [3.8, 4) is 5.75 Å². The van der Waals surface area contributed by atoms with E-state index in [4.69, 9.17) is 9.15 Å². The van der Waals surface area contributed by atoms with E-state index in [9.17, 15) is 25.9 Å². The third-order valence-corrected chi connectivity index (χ3v) is 9.53. The lowest BCUT2D eigenvalue weighted by Crippen LogP contribution is -2.36. The second-order valence-corrected chi connectivity index (χ2v) is 14.7. The van der Waals surface area contributed by atoms with Crippen molar-refractivity contribution in [1.82, 2.24) is 5.32 Å². The zero-order valence-electron chi connectivity index (χ0n) is 29.9. The molecule has 0 saturated carbocycles. The fourth-order valence-corrected chi connectivity index (χ4v) is 6.64. The predicted molar refractivity (Wildman–Crippen MR) is 206 cm³/mol. The lowest BCUT2D eigenvalue weighted by Gasteiger charge is -2.19. The number of allylic oxidation sites excluding steroid dienone is 4. The van der Waals surface area contributed by atoms with Crippen LogP contribution in [-0.4, -0.2) is 57.1 Å². The van der Waals surface area contributed by atoms with E-state index >= 15 is 0 Å². The standard InChI is InChI=1S/C33H30N2O8S2.C4H11N.C2H6/c36-44(37,38)18-8-16-34-28-20-24-10-4-6-12-26(24)22-30(28)42-32(34)14-2-1-3-15-33-35(17-9-19-45(39,40)41)29-21-25-11-5-7-13-27(25)23-31(29)43-33;1-3-5-4-2;1-2/h1-7,10-15,20-23H,8-9,16-19H2,(H-,36,37,38,39,40,41);5H,3-4H2,1-2H3;1-2H3/p-1. The van der Waals surface area contributed by atoms with Crippen LogP contribution in [-0.2, 0) is 26.8 Å². The van der Waals surface area contributed by atoms with Gasteiger partial charge in [-0.2, -0.15) is 4.57 Å². The first kappa shape index (κ1) is 40.2. The number of nitrogens with one attached hydrogen (secondary N) is 1. The van der Waals surface area contributed by atoms with Crippen LogP contribution in [0.15, 0.2) is 107 Å². The third kappa shape index (κ3) is 11.2. The Kier molecular flexibility index (Phi) is 14.6. The van der Waals surface area contributed by atoms with Crippen LogP contribution in [0.1, 0.15) is 46.4 Å². The van der Waals surface area contributed by atoms with Gasteiger partial charge in [-0.3, -0.25) is 0 Å². The molecule has 6 rings (SSSR count). The first-order valence-corrected chi connectivity index (χ1v) is 20.6. The minimum absolute atomic E-state index is 0.136. The predicted octanol–water partition coefficient (Wildman–Crippen LogP) is 6.85. The van der Waals surface area contributed by atoms with E-state index < -0.39 is 31.7 Å². The zero-order valence-corrected chi connectivity index (χ0v) is 31.6. The van der Waals surface area contributed by atoms with Crippen LogP contribution in [0.3, 0.4) is 0 Å². The number of rotatable bonds is 13. The second-order valence-electron chi connectivity index (χ2n) is 11.6. The third-order valence-electron chi connectivity index (χ3n) is 7.95. The molecule has 52 heavy (non-hydrogen) atoms. The maximum atomic E-state index is 11.2. The number of aryl methyl sites for hydroxylation is 1. The molecule has 0 atom stereocenters. The lowest BCUT2D eigenvalue weighted by molar-refractivity contribution is -0.677. The monoisotopic (exact) mass is 748 g/mol. The Morgan fingerprint density at radius 3 is 1.94 bits per heavy atom. The molecule has 0 saturated heterocycles. The van der Waals surface area contributed by atoms with Crippen LogP contribution in [0.2, 0.25) is 0 Å². The molecule has 1 aromatic heterocycles. The number of hydrogen-bond acceptors (Lipinski definition) is 10. The molecular formula is C39H46N3O8S2-. The lowest BCUT2D eigenvalue weighted by atomic mass is 10.1. The van der Waals surface area contributed by atoms with Gasteiger partial charge in [0.2, 0.25) is 11.5 Å². The molecule has 1 aliphatic rings. The molecule has 5 aromatic rings. The van der Waals surface area contributed by atoms with Crippen molar-refractivity contribution >= 4 is 64.6 Å². The molecule has 1 N–H and O–H groups in total. The van der Waals surface area contributed by atoms with E-state index in [2.05, 4.69) is 19.2 Å². The van der Waals surface area contributed by atoms with E-state index in [1.807, 2.05) is 96.1 Å². The second kappa shape index (κ2) is 18.8. The summed E-state index contributed by atoms with van der Waals surface area (Å²) >= 11 is 0. The van der Waals surface area contributed by atoms with Crippen molar-refractivity contribution in [2.24, 2.45) is 0 Å². The highest BCUT2D eigenvalue weighted by molar-refractivity contribution is 7.85. The van der Waals surface area contributed by atoms with Gasteiger partial charge in [-0.1, -0.05) is 94.5 Å². The molecule has 0 aliphatic carbocycles. The maximum Gasteiger partial charge on any atom is 0.374 e. The summed E-state index contributed by atoms with van der Waals surface area (Å²) in [4.78, 5) is 1.85. The Morgan fingerprint density at radius 1 is 0.769 bits per heavy atom. The van der Waals surface area contributed by atoms with Gasteiger partial charge in [0.25, 0.3) is 5.52 Å². The molecule has 0 bridgehead atoms. The molecule has 4 aromatic carbocycles. The number of oxazole rings is 1. The summed E-state index contributed by atoms with van der Waals surface area (Å²) in [6, 6.07) is 23.5. The molecule has 0 unspecified atom stereocenters. The summed E-state index contributed by atoms with van der Waals surface area (Å²) < 4.78 is 81.5. The summed E-state index contributed by atoms with van der Waals surface area (Å²) in [5.74, 6) is 0.637. The van der Waals surface area contributed by atoms with Crippen molar-refractivity contribution in [3.63, 3.8) is 0 Å². The Hall–Kier alpha value is -4.53. The molecule has 278 valence electrons. The summed E-state index contributed by atoms with van der Waals surface area (Å²) in [6.07, 6.45) is 9.07. The Labute approximate surface area is 306 Å². The number of hydrogen-bond donors (Lipinski definition) is 1. The van der Waals surface area contributed by atoms with Gasteiger partial charge in [-0.25, -0.2) is 16.8 Å². The average Bonchev–Trinajstić information content (AvgIpc) is 3.62.